The first kappa shape index (κ1) is 13.3. The summed E-state index contributed by atoms with van der Waals surface area (Å²) in [5, 5.41) is 10.6. The van der Waals surface area contributed by atoms with E-state index in [9.17, 15) is 9.59 Å². The molecule has 2 aromatic heterocycles. The van der Waals surface area contributed by atoms with Crippen molar-refractivity contribution in [1.82, 2.24) is 10.2 Å². The number of hydrogen-bond donors (Lipinski definition) is 1. The molecule has 1 aromatic carbocycles. The lowest BCUT2D eigenvalue weighted by Gasteiger charge is -2.03. The number of aromatic nitrogens is 2. The molecule has 0 aliphatic rings. The molecule has 0 bridgehead atoms. The smallest absolute Gasteiger partial charge is 0.349 e. The molecule has 0 saturated heterocycles. The summed E-state index contributed by atoms with van der Waals surface area (Å²) in [5.41, 5.74) is -0.399. The van der Waals surface area contributed by atoms with Crippen molar-refractivity contribution in [3.05, 3.63) is 63.6 Å². The number of benzene rings is 1. The maximum absolute atomic E-state index is 12.1. The summed E-state index contributed by atoms with van der Waals surface area (Å²) >= 11 is 5.60. The van der Waals surface area contributed by atoms with Gasteiger partial charge < -0.3 is 9.73 Å². The van der Waals surface area contributed by atoms with E-state index in [-0.39, 0.29) is 16.5 Å². The minimum Gasteiger partial charge on any atom is -0.422 e. The van der Waals surface area contributed by atoms with E-state index < -0.39 is 11.5 Å². The summed E-state index contributed by atoms with van der Waals surface area (Å²) in [6.45, 7) is 0. The van der Waals surface area contributed by atoms with Crippen molar-refractivity contribution >= 4 is 34.3 Å². The second-order valence-electron chi connectivity index (χ2n) is 4.18. The quantitative estimate of drug-likeness (QED) is 0.735. The van der Waals surface area contributed by atoms with Crippen molar-refractivity contribution in [1.29, 1.82) is 0 Å². The third-order valence-corrected chi connectivity index (χ3v) is 2.96. The van der Waals surface area contributed by atoms with E-state index in [4.69, 9.17) is 16.0 Å². The van der Waals surface area contributed by atoms with Crippen LogP contribution < -0.4 is 10.9 Å². The van der Waals surface area contributed by atoms with E-state index in [2.05, 4.69) is 15.5 Å². The zero-order valence-corrected chi connectivity index (χ0v) is 11.3. The van der Waals surface area contributed by atoms with Gasteiger partial charge in [-0.05, 0) is 24.3 Å². The van der Waals surface area contributed by atoms with Crippen LogP contribution in [-0.4, -0.2) is 16.1 Å². The molecule has 0 aliphatic carbocycles. The average Bonchev–Trinajstić information content (AvgIpc) is 2.49. The molecule has 104 valence electrons. The highest BCUT2D eigenvalue weighted by Crippen LogP contribution is 2.13. The minimum absolute atomic E-state index is 0.106. The van der Waals surface area contributed by atoms with Gasteiger partial charge in [0, 0.05) is 5.39 Å². The largest absolute Gasteiger partial charge is 0.422 e. The first-order valence-electron chi connectivity index (χ1n) is 5.97. The van der Waals surface area contributed by atoms with Gasteiger partial charge in [-0.1, -0.05) is 29.8 Å². The molecule has 0 spiro atoms. The van der Waals surface area contributed by atoms with Crippen LogP contribution in [0.1, 0.15) is 10.4 Å². The van der Waals surface area contributed by atoms with E-state index in [1.54, 1.807) is 24.3 Å². The zero-order valence-electron chi connectivity index (χ0n) is 10.5. The van der Waals surface area contributed by atoms with Crippen molar-refractivity contribution in [2.24, 2.45) is 0 Å². The van der Waals surface area contributed by atoms with Crippen LogP contribution in [0.2, 0.25) is 5.15 Å². The number of nitrogens with one attached hydrogen (secondary N) is 1. The summed E-state index contributed by atoms with van der Waals surface area (Å²) in [6.07, 6.45) is 0. The van der Waals surface area contributed by atoms with Crippen LogP contribution in [0.25, 0.3) is 11.0 Å². The van der Waals surface area contributed by atoms with Gasteiger partial charge in [-0.15, -0.1) is 10.2 Å². The van der Waals surface area contributed by atoms with Crippen molar-refractivity contribution in [3.8, 4) is 0 Å². The van der Waals surface area contributed by atoms with Crippen LogP contribution in [0.3, 0.4) is 0 Å². The number of carbonyl (C=O) groups is 1. The Hall–Kier alpha value is -2.73. The number of anilines is 1. The Morgan fingerprint density at radius 3 is 2.71 bits per heavy atom. The Morgan fingerprint density at radius 1 is 1.14 bits per heavy atom. The molecule has 21 heavy (non-hydrogen) atoms. The molecule has 0 unspecified atom stereocenters. The third kappa shape index (κ3) is 2.75. The van der Waals surface area contributed by atoms with Crippen LogP contribution in [0.4, 0.5) is 5.82 Å². The summed E-state index contributed by atoms with van der Waals surface area (Å²) in [7, 11) is 0. The summed E-state index contributed by atoms with van der Waals surface area (Å²) in [4.78, 5) is 23.9. The molecule has 1 amide bonds. The number of fused-ring (bicyclic) bond motifs is 1. The molecule has 7 heteroatoms. The van der Waals surface area contributed by atoms with Gasteiger partial charge in [-0.3, -0.25) is 4.79 Å². The second-order valence-corrected chi connectivity index (χ2v) is 4.57. The fraction of sp³-hybridized carbons (Fsp3) is 0. The SMILES string of the molecule is O=C(Nc1ccc(Cl)nn1)c1cc2ccccc2oc1=O. The van der Waals surface area contributed by atoms with Crippen molar-refractivity contribution in [2.75, 3.05) is 5.32 Å². The monoisotopic (exact) mass is 301 g/mol. The van der Waals surface area contributed by atoms with Gasteiger partial charge in [0.25, 0.3) is 5.91 Å². The van der Waals surface area contributed by atoms with Crippen LogP contribution in [0.5, 0.6) is 0 Å². The number of nitrogens with zero attached hydrogens (tertiary/aromatic N) is 2. The lowest BCUT2D eigenvalue weighted by molar-refractivity contribution is 0.102. The molecule has 3 aromatic rings. The number of hydrogen-bond acceptors (Lipinski definition) is 5. The Labute approximate surface area is 123 Å². The molecule has 0 aliphatic heterocycles. The fourth-order valence-corrected chi connectivity index (χ4v) is 1.89. The summed E-state index contributed by atoms with van der Waals surface area (Å²) in [5.74, 6) is -0.428. The first-order chi connectivity index (χ1) is 10.1. The van der Waals surface area contributed by atoms with Gasteiger partial charge in [0.05, 0.1) is 0 Å². The van der Waals surface area contributed by atoms with Crippen LogP contribution in [0.15, 0.2) is 51.7 Å². The maximum atomic E-state index is 12.1. The normalized spacial score (nSPS) is 10.5. The number of halogens is 1. The maximum Gasteiger partial charge on any atom is 0.349 e. The van der Waals surface area contributed by atoms with E-state index in [0.29, 0.717) is 11.0 Å². The van der Waals surface area contributed by atoms with E-state index in [1.165, 1.54) is 18.2 Å². The predicted molar refractivity (Wildman–Crippen MR) is 77.5 cm³/mol. The van der Waals surface area contributed by atoms with Gasteiger partial charge in [-0.2, -0.15) is 0 Å². The van der Waals surface area contributed by atoms with E-state index >= 15 is 0 Å². The lowest BCUT2D eigenvalue weighted by Crippen LogP contribution is -2.21. The van der Waals surface area contributed by atoms with Crippen LogP contribution in [-0.2, 0) is 0 Å². The van der Waals surface area contributed by atoms with Crippen molar-refractivity contribution < 1.29 is 9.21 Å². The highest BCUT2D eigenvalue weighted by atomic mass is 35.5. The Balaban J connectivity index is 1.95. The fourth-order valence-electron chi connectivity index (χ4n) is 1.79. The molecular formula is C14H8ClN3O3. The third-order valence-electron chi connectivity index (χ3n) is 2.76. The van der Waals surface area contributed by atoms with Crippen molar-refractivity contribution in [2.45, 2.75) is 0 Å². The highest BCUT2D eigenvalue weighted by molar-refractivity contribution is 6.29. The Morgan fingerprint density at radius 2 is 1.95 bits per heavy atom. The number of carbonyl (C=O) groups excluding carboxylic acids is 1. The number of rotatable bonds is 2. The van der Waals surface area contributed by atoms with Crippen LogP contribution >= 0.6 is 11.6 Å². The lowest BCUT2D eigenvalue weighted by atomic mass is 10.2. The van der Waals surface area contributed by atoms with Crippen molar-refractivity contribution in [3.63, 3.8) is 0 Å². The van der Waals surface area contributed by atoms with Gasteiger partial charge in [-0.25, -0.2) is 4.79 Å². The summed E-state index contributed by atoms with van der Waals surface area (Å²) < 4.78 is 5.10. The van der Waals surface area contributed by atoms with E-state index in [0.717, 1.165) is 0 Å². The standard InChI is InChI=1S/C14H8ClN3O3/c15-11-5-6-12(18-17-11)16-13(19)9-7-8-3-1-2-4-10(8)21-14(9)20/h1-7H,(H,16,18,19). The highest BCUT2D eigenvalue weighted by Gasteiger charge is 2.14. The topological polar surface area (TPSA) is 85.1 Å². The Bertz CT molecular complexity index is 875. The first-order valence-corrected chi connectivity index (χ1v) is 6.35. The average molecular weight is 302 g/mol. The zero-order chi connectivity index (χ0) is 14.8. The summed E-state index contributed by atoms with van der Waals surface area (Å²) in [6, 6.07) is 11.4. The molecule has 0 saturated carbocycles. The molecule has 1 N–H and O–H groups in total. The van der Waals surface area contributed by atoms with Gasteiger partial charge in [0.2, 0.25) is 0 Å². The molecular weight excluding hydrogens is 294 g/mol. The predicted octanol–water partition coefficient (Wildman–Crippen LogP) is 2.49. The molecule has 0 atom stereocenters. The van der Waals surface area contributed by atoms with E-state index in [1.807, 2.05) is 0 Å². The molecule has 3 rings (SSSR count). The molecule has 6 nitrogen and oxygen atoms in total. The Kier molecular flexibility index (Phi) is 3.37. The number of para-hydroxylation sites is 1. The molecule has 2 heterocycles. The minimum atomic E-state index is -0.715. The van der Waals surface area contributed by atoms with Crippen LogP contribution in [0, 0.1) is 0 Å². The van der Waals surface area contributed by atoms with Gasteiger partial charge in [0.15, 0.2) is 11.0 Å². The van der Waals surface area contributed by atoms with Gasteiger partial charge >= 0.3 is 5.63 Å². The second kappa shape index (κ2) is 5.34. The molecule has 0 fully saturated rings. The van der Waals surface area contributed by atoms with Gasteiger partial charge in [0.1, 0.15) is 11.1 Å². The number of amides is 1. The molecule has 0 radical (unpaired) electrons.